The van der Waals surface area contributed by atoms with E-state index in [2.05, 4.69) is 22.1 Å². The SMILES string of the molecule is O=S1CCC(Nc2ccsc2)CC1. The van der Waals surface area contributed by atoms with Gasteiger partial charge < -0.3 is 5.32 Å². The van der Waals surface area contributed by atoms with Crippen LogP contribution in [-0.4, -0.2) is 21.8 Å². The minimum absolute atomic E-state index is 0.535. The fourth-order valence-corrected chi connectivity index (χ4v) is 3.42. The number of nitrogens with one attached hydrogen (secondary N) is 1. The smallest absolute Gasteiger partial charge is 0.0450 e. The zero-order chi connectivity index (χ0) is 9.10. The molecule has 1 aromatic heterocycles. The third-order valence-electron chi connectivity index (χ3n) is 2.28. The maximum Gasteiger partial charge on any atom is 0.0450 e. The number of anilines is 1. The van der Waals surface area contributed by atoms with Gasteiger partial charge in [0.1, 0.15) is 0 Å². The van der Waals surface area contributed by atoms with Gasteiger partial charge in [-0.1, -0.05) is 0 Å². The van der Waals surface area contributed by atoms with Crippen LogP contribution in [0.25, 0.3) is 0 Å². The summed E-state index contributed by atoms with van der Waals surface area (Å²) in [5, 5.41) is 7.65. The van der Waals surface area contributed by atoms with Crippen molar-refractivity contribution in [2.24, 2.45) is 0 Å². The van der Waals surface area contributed by atoms with E-state index in [-0.39, 0.29) is 0 Å². The van der Waals surface area contributed by atoms with Crippen LogP contribution in [0.3, 0.4) is 0 Å². The molecule has 1 N–H and O–H groups in total. The molecule has 2 nitrogen and oxygen atoms in total. The van der Waals surface area contributed by atoms with Gasteiger partial charge in [0, 0.05) is 39.4 Å². The second kappa shape index (κ2) is 4.24. The summed E-state index contributed by atoms with van der Waals surface area (Å²) in [5.41, 5.74) is 1.21. The van der Waals surface area contributed by atoms with Crippen molar-refractivity contribution < 1.29 is 4.21 Å². The summed E-state index contributed by atoms with van der Waals surface area (Å²) in [5.74, 6) is 1.73. The molecule has 0 radical (unpaired) electrons. The summed E-state index contributed by atoms with van der Waals surface area (Å²) in [6.45, 7) is 0. The Morgan fingerprint density at radius 3 is 2.85 bits per heavy atom. The maximum absolute atomic E-state index is 11.1. The first-order valence-electron chi connectivity index (χ1n) is 4.48. The Labute approximate surface area is 84.8 Å². The van der Waals surface area contributed by atoms with Gasteiger partial charge in [-0.05, 0) is 24.3 Å². The minimum Gasteiger partial charge on any atom is -0.382 e. The van der Waals surface area contributed by atoms with E-state index in [0.29, 0.717) is 6.04 Å². The quantitative estimate of drug-likeness (QED) is 0.818. The van der Waals surface area contributed by atoms with E-state index in [1.165, 1.54) is 5.69 Å². The van der Waals surface area contributed by atoms with Crippen LogP contribution >= 0.6 is 11.3 Å². The Morgan fingerprint density at radius 1 is 1.46 bits per heavy atom. The van der Waals surface area contributed by atoms with Crippen molar-refractivity contribution in [1.82, 2.24) is 0 Å². The molecule has 0 atom stereocenters. The zero-order valence-electron chi connectivity index (χ0n) is 7.36. The fourth-order valence-electron chi connectivity index (χ4n) is 1.52. The van der Waals surface area contributed by atoms with E-state index in [1.54, 1.807) is 11.3 Å². The molecular weight excluding hydrogens is 202 g/mol. The van der Waals surface area contributed by atoms with Crippen LogP contribution in [-0.2, 0) is 10.8 Å². The summed E-state index contributed by atoms with van der Waals surface area (Å²) in [6.07, 6.45) is 2.09. The van der Waals surface area contributed by atoms with Gasteiger partial charge in [0.25, 0.3) is 0 Å². The van der Waals surface area contributed by atoms with Crippen LogP contribution in [0.1, 0.15) is 12.8 Å². The Kier molecular flexibility index (Phi) is 3.01. The van der Waals surface area contributed by atoms with Crippen LogP contribution in [0, 0.1) is 0 Å². The van der Waals surface area contributed by atoms with Crippen molar-refractivity contribution >= 4 is 27.8 Å². The molecule has 2 rings (SSSR count). The Balaban J connectivity index is 1.86. The van der Waals surface area contributed by atoms with Crippen molar-refractivity contribution in [2.75, 3.05) is 16.8 Å². The maximum atomic E-state index is 11.1. The predicted octanol–water partition coefficient (Wildman–Crippen LogP) is 2.07. The standard InChI is InChI=1S/C9H13NOS2/c11-13-5-2-8(3-6-13)10-9-1-4-12-7-9/h1,4,7-8,10H,2-3,5-6H2. The topological polar surface area (TPSA) is 29.1 Å². The molecule has 1 fully saturated rings. The summed E-state index contributed by atoms with van der Waals surface area (Å²) < 4.78 is 11.1. The monoisotopic (exact) mass is 215 g/mol. The second-order valence-electron chi connectivity index (χ2n) is 3.28. The summed E-state index contributed by atoms with van der Waals surface area (Å²) >= 11 is 1.71. The van der Waals surface area contributed by atoms with E-state index in [1.807, 2.05) is 0 Å². The van der Waals surface area contributed by atoms with E-state index in [0.717, 1.165) is 24.3 Å². The van der Waals surface area contributed by atoms with Gasteiger partial charge in [-0.25, -0.2) is 0 Å². The van der Waals surface area contributed by atoms with E-state index in [4.69, 9.17) is 0 Å². The summed E-state index contributed by atoms with van der Waals surface area (Å²) in [6, 6.07) is 2.63. The summed E-state index contributed by atoms with van der Waals surface area (Å²) in [7, 11) is -0.547. The Bertz CT molecular complexity index is 274. The largest absolute Gasteiger partial charge is 0.382 e. The lowest BCUT2D eigenvalue weighted by Crippen LogP contribution is -2.29. The molecule has 0 unspecified atom stereocenters. The molecule has 0 bridgehead atoms. The lowest BCUT2D eigenvalue weighted by molar-refractivity contribution is 0.624. The van der Waals surface area contributed by atoms with E-state index >= 15 is 0 Å². The van der Waals surface area contributed by atoms with Gasteiger partial charge in [0.05, 0.1) is 0 Å². The van der Waals surface area contributed by atoms with Crippen LogP contribution in [0.5, 0.6) is 0 Å². The van der Waals surface area contributed by atoms with Crippen LogP contribution < -0.4 is 5.32 Å². The van der Waals surface area contributed by atoms with Crippen molar-refractivity contribution in [2.45, 2.75) is 18.9 Å². The number of rotatable bonds is 2. The highest BCUT2D eigenvalue weighted by atomic mass is 32.2. The molecular formula is C9H13NOS2. The predicted molar refractivity (Wildman–Crippen MR) is 58.8 cm³/mol. The van der Waals surface area contributed by atoms with E-state index < -0.39 is 10.8 Å². The van der Waals surface area contributed by atoms with Crippen molar-refractivity contribution in [3.8, 4) is 0 Å². The molecule has 2 heterocycles. The molecule has 4 heteroatoms. The molecule has 1 saturated heterocycles. The zero-order valence-corrected chi connectivity index (χ0v) is 9.00. The Morgan fingerprint density at radius 2 is 2.23 bits per heavy atom. The first-order chi connectivity index (χ1) is 6.34. The number of thiophene rings is 1. The molecule has 1 aromatic rings. The third kappa shape index (κ3) is 2.54. The molecule has 0 aromatic carbocycles. The Hall–Kier alpha value is -0.350. The molecule has 0 saturated carbocycles. The van der Waals surface area contributed by atoms with Crippen LogP contribution in [0.15, 0.2) is 16.8 Å². The third-order valence-corrected chi connectivity index (χ3v) is 4.35. The second-order valence-corrected chi connectivity index (χ2v) is 5.75. The lowest BCUT2D eigenvalue weighted by Gasteiger charge is -2.22. The molecule has 72 valence electrons. The van der Waals surface area contributed by atoms with Gasteiger partial charge in [-0.2, -0.15) is 11.3 Å². The first kappa shape index (κ1) is 9.21. The highest BCUT2D eigenvalue weighted by molar-refractivity contribution is 7.85. The van der Waals surface area contributed by atoms with Crippen LogP contribution in [0.4, 0.5) is 5.69 Å². The van der Waals surface area contributed by atoms with E-state index in [9.17, 15) is 4.21 Å². The number of hydrogen-bond donors (Lipinski definition) is 1. The first-order valence-corrected chi connectivity index (χ1v) is 6.91. The van der Waals surface area contributed by atoms with Crippen molar-refractivity contribution in [3.63, 3.8) is 0 Å². The average molecular weight is 215 g/mol. The minimum atomic E-state index is -0.547. The van der Waals surface area contributed by atoms with Gasteiger partial charge in [-0.3, -0.25) is 4.21 Å². The van der Waals surface area contributed by atoms with Gasteiger partial charge in [-0.15, -0.1) is 0 Å². The average Bonchev–Trinajstić information content (AvgIpc) is 2.62. The van der Waals surface area contributed by atoms with Crippen LogP contribution in [0.2, 0.25) is 0 Å². The molecule has 13 heavy (non-hydrogen) atoms. The molecule has 0 aliphatic carbocycles. The van der Waals surface area contributed by atoms with Gasteiger partial charge >= 0.3 is 0 Å². The van der Waals surface area contributed by atoms with Crippen molar-refractivity contribution in [1.29, 1.82) is 0 Å². The van der Waals surface area contributed by atoms with Gasteiger partial charge in [0.15, 0.2) is 0 Å². The molecule has 0 spiro atoms. The summed E-state index contributed by atoms with van der Waals surface area (Å²) in [4.78, 5) is 0. The highest BCUT2D eigenvalue weighted by Crippen LogP contribution is 2.18. The van der Waals surface area contributed by atoms with Gasteiger partial charge in [0.2, 0.25) is 0 Å². The molecule has 0 amide bonds. The molecule has 1 aliphatic rings. The number of hydrogen-bond acceptors (Lipinski definition) is 3. The lowest BCUT2D eigenvalue weighted by atomic mass is 10.1. The normalized spacial score (nSPS) is 28.6. The van der Waals surface area contributed by atoms with Crippen molar-refractivity contribution in [3.05, 3.63) is 16.8 Å². The molecule has 1 aliphatic heterocycles. The fraction of sp³-hybridized carbons (Fsp3) is 0.556. The highest BCUT2D eigenvalue weighted by Gasteiger charge is 2.17.